The van der Waals surface area contributed by atoms with Crippen molar-refractivity contribution in [3.05, 3.63) is 18.0 Å². The first kappa shape index (κ1) is 10.8. The second-order valence-corrected chi connectivity index (χ2v) is 5.10. The largest absolute Gasteiger partial charge is 0.351 e. The number of aromatic nitrogens is 1. The summed E-state index contributed by atoms with van der Waals surface area (Å²) in [4.78, 5) is 11.8. The summed E-state index contributed by atoms with van der Waals surface area (Å²) in [5.74, 6) is 0.148. The number of hydrogen-bond acceptors (Lipinski definition) is 4. The van der Waals surface area contributed by atoms with Crippen LogP contribution in [0, 0.1) is 0 Å². The number of nitrogens with one attached hydrogen (secondary N) is 2. The Balaban J connectivity index is 1.60. The maximum absolute atomic E-state index is 11.8. The van der Waals surface area contributed by atoms with Gasteiger partial charge >= 0.3 is 0 Å². The van der Waals surface area contributed by atoms with Gasteiger partial charge in [0.05, 0.1) is 6.20 Å². The van der Waals surface area contributed by atoms with E-state index >= 15 is 0 Å². The smallest absolute Gasteiger partial charge is 0.290 e. The van der Waals surface area contributed by atoms with E-state index in [9.17, 15) is 4.79 Å². The summed E-state index contributed by atoms with van der Waals surface area (Å²) in [5.41, 5.74) is 0.303. The molecule has 1 aliphatic carbocycles. The summed E-state index contributed by atoms with van der Waals surface area (Å²) < 4.78 is 4.85. The fourth-order valence-corrected chi connectivity index (χ4v) is 2.85. The molecule has 3 rings (SSSR count). The fraction of sp³-hybridized carbons (Fsp3) is 0.667. The highest BCUT2D eigenvalue weighted by Gasteiger charge is 2.41. The average Bonchev–Trinajstić information content (AvgIpc) is 2.81. The third-order valence-electron chi connectivity index (χ3n) is 3.94. The van der Waals surface area contributed by atoms with Crippen LogP contribution in [-0.4, -0.2) is 29.2 Å². The Hall–Kier alpha value is -1.36. The molecular weight excluding hydrogens is 218 g/mol. The molecule has 0 bridgehead atoms. The maximum atomic E-state index is 11.8. The van der Waals surface area contributed by atoms with E-state index < -0.39 is 0 Å². The molecule has 2 heterocycles. The molecule has 1 aliphatic heterocycles. The van der Waals surface area contributed by atoms with E-state index in [1.807, 2.05) is 0 Å². The Bertz CT molecular complexity index is 398. The van der Waals surface area contributed by atoms with Crippen molar-refractivity contribution in [2.45, 2.75) is 43.7 Å². The van der Waals surface area contributed by atoms with E-state index in [-0.39, 0.29) is 11.9 Å². The monoisotopic (exact) mass is 235 g/mol. The van der Waals surface area contributed by atoms with Crippen LogP contribution in [0.4, 0.5) is 0 Å². The molecule has 0 radical (unpaired) electrons. The van der Waals surface area contributed by atoms with E-state index in [2.05, 4.69) is 15.8 Å². The summed E-state index contributed by atoms with van der Waals surface area (Å²) >= 11 is 0. The van der Waals surface area contributed by atoms with Crippen LogP contribution in [0.15, 0.2) is 16.8 Å². The number of carbonyl (C=O) groups is 1. The van der Waals surface area contributed by atoms with Gasteiger partial charge in [0, 0.05) is 17.6 Å². The van der Waals surface area contributed by atoms with Crippen LogP contribution in [0.2, 0.25) is 0 Å². The minimum Gasteiger partial charge on any atom is -0.351 e. The molecule has 92 valence electrons. The van der Waals surface area contributed by atoms with Crippen LogP contribution < -0.4 is 10.6 Å². The zero-order chi connectivity index (χ0) is 11.7. The minimum absolute atomic E-state index is 0.149. The Labute approximate surface area is 99.9 Å². The number of nitrogens with zero attached hydrogens (tertiary/aromatic N) is 1. The van der Waals surface area contributed by atoms with Crippen LogP contribution >= 0.6 is 0 Å². The molecule has 1 saturated heterocycles. The highest BCUT2D eigenvalue weighted by Crippen LogP contribution is 2.38. The van der Waals surface area contributed by atoms with Crippen molar-refractivity contribution in [3.63, 3.8) is 0 Å². The van der Waals surface area contributed by atoms with Crippen molar-refractivity contribution >= 4 is 5.91 Å². The van der Waals surface area contributed by atoms with E-state index in [0.29, 0.717) is 11.3 Å². The molecule has 2 aliphatic rings. The molecule has 5 nitrogen and oxygen atoms in total. The fourth-order valence-electron chi connectivity index (χ4n) is 2.85. The van der Waals surface area contributed by atoms with Gasteiger partial charge in [0.2, 0.25) is 5.76 Å². The van der Waals surface area contributed by atoms with Crippen LogP contribution in [0.25, 0.3) is 0 Å². The summed E-state index contributed by atoms with van der Waals surface area (Å²) in [6, 6.07) is 1.85. The van der Waals surface area contributed by atoms with Crippen molar-refractivity contribution in [1.82, 2.24) is 15.8 Å². The molecule has 1 aromatic heterocycles. The molecule has 0 aromatic carbocycles. The Morgan fingerprint density at radius 2 is 2.47 bits per heavy atom. The Morgan fingerprint density at radius 3 is 3.12 bits per heavy atom. The molecule has 1 aromatic rings. The molecule has 2 N–H and O–H groups in total. The first-order valence-corrected chi connectivity index (χ1v) is 6.24. The molecule has 1 saturated carbocycles. The number of carbonyl (C=O) groups excluding carboxylic acids is 1. The summed E-state index contributed by atoms with van der Waals surface area (Å²) in [7, 11) is 0. The lowest BCUT2D eigenvalue weighted by molar-refractivity contribution is 0.0820. The van der Waals surface area contributed by atoms with Gasteiger partial charge < -0.3 is 15.2 Å². The topological polar surface area (TPSA) is 67.2 Å². The second-order valence-electron chi connectivity index (χ2n) is 5.10. The van der Waals surface area contributed by atoms with E-state index in [4.69, 9.17) is 4.52 Å². The molecule has 1 spiro atoms. The van der Waals surface area contributed by atoms with Gasteiger partial charge in [0.25, 0.3) is 5.91 Å². The summed E-state index contributed by atoms with van der Waals surface area (Å²) in [6.45, 7) is 0.987. The van der Waals surface area contributed by atoms with Crippen molar-refractivity contribution in [2.24, 2.45) is 0 Å². The summed E-state index contributed by atoms with van der Waals surface area (Å²) in [5, 5.41) is 10.2. The van der Waals surface area contributed by atoms with Crippen molar-refractivity contribution in [2.75, 3.05) is 6.54 Å². The Morgan fingerprint density at radius 1 is 1.59 bits per heavy atom. The average molecular weight is 235 g/mol. The number of amides is 1. The summed E-state index contributed by atoms with van der Waals surface area (Å²) in [6.07, 6.45) is 7.29. The van der Waals surface area contributed by atoms with E-state index in [1.54, 1.807) is 6.07 Å². The normalized spacial score (nSPS) is 26.5. The molecule has 1 atom stereocenters. The molecule has 5 heteroatoms. The zero-order valence-corrected chi connectivity index (χ0v) is 9.74. The number of rotatable bonds is 2. The van der Waals surface area contributed by atoms with Gasteiger partial charge in [-0.25, -0.2) is 0 Å². The third kappa shape index (κ3) is 2.07. The van der Waals surface area contributed by atoms with Crippen molar-refractivity contribution in [1.29, 1.82) is 0 Å². The van der Waals surface area contributed by atoms with Gasteiger partial charge in [-0.2, -0.15) is 0 Å². The highest BCUT2D eigenvalue weighted by molar-refractivity contribution is 5.91. The van der Waals surface area contributed by atoms with Crippen LogP contribution in [-0.2, 0) is 0 Å². The lowest BCUT2D eigenvalue weighted by Crippen LogP contribution is -2.59. The standard InChI is InChI=1S/C12H17N3O2/c16-11(10-3-7-14-17-10)15-9-2-6-13-12(8-9)4-1-5-12/h3,7,9,13H,1-2,4-6,8H2,(H,15,16). The SMILES string of the molecule is O=C(NC1CCNC2(CCC2)C1)c1ccno1. The lowest BCUT2D eigenvalue weighted by atomic mass is 9.70. The minimum atomic E-state index is -0.149. The predicted molar refractivity (Wildman–Crippen MR) is 61.6 cm³/mol. The quantitative estimate of drug-likeness (QED) is 0.805. The van der Waals surface area contributed by atoms with Crippen molar-refractivity contribution in [3.8, 4) is 0 Å². The van der Waals surface area contributed by atoms with Gasteiger partial charge in [-0.15, -0.1) is 0 Å². The zero-order valence-electron chi connectivity index (χ0n) is 9.74. The first-order valence-electron chi connectivity index (χ1n) is 6.24. The Kier molecular flexibility index (Phi) is 2.63. The van der Waals surface area contributed by atoms with Gasteiger partial charge in [-0.05, 0) is 38.6 Å². The molecule has 2 fully saturated rings. The third-order valence-corrected chi connectivity index (χ3v) is 3.94. The van der Waals surface area contributed by atoms with Crippen LogP contribution in [0.1, 0.15) is 42.7 Å². The van der Waals surface area contributed by atoms with Gasteiger partial charge in [-0.1, -0.05) is 5.16 Å². The highest BCUT2D eigenvalue weighted by atomic mass is 16.5. The molecule has 17 heavy (non-hydrogen) atoms. The van der Waals surface area contributed by atoms with E-state index in [1.165, 1.54) is 25.5 Å². The van der Waals surface area contributed by atoms with Gasteiger partial charge in [0.1, 0.15) is 0 Å². The van der Waals surface area contributed by atoms with Crippen molar-refractivity contribution < 1.29 is 9.32 Å². The first-order chi connectivity index (χ1) is 8.27. The molecule has 1 unspecified atom stereocenters. The molecule has 1 amide bonds. The van der Waals surface area contributed by atoms with Gasteiger partial charge in [-0.3, -0.25) is 4.79 Å². The number of hydrogen-bond donors (Lipinski definition) is 2. The lowest BCUT2D eigenvalue weighted by Gasteiger charge is -2.48. The van der Waals surface area contributed by atoms with Crippen LogP contribution in [0.5, 0.6) is 0 Å². The van der Waals surface area contributed by atoms with E-state index in [0.717, 1.165) is 19.4 Å². The second kappa shape index (κ2) is 4.14. The van der Waals surface area contributed by atoms with Crippen LogP contribution in [0.3, 0.4) is 0 Å². The predicted octanol–water partition coefficient (Wildman–Crippen LogP) is 1.08. The maximum Gasteiger partial charge on any atom is 0.290 e. The van der Waals surface area contributed by atoms with Gasteiger partial charge in [0.15, 0.2) is 0 Å². The number of piperidine rings is 1. The molecular formula is C12H17N3O2.